The van der Waals surface area contributed by atoms with Crippen LogP contribution in [0.25, 0.3) is 0 Å². The fourth-order valence-corrected chi connectivity index (χ4v) is 6.27. The standard InChI is InChI=1S/C19H27N3O5/c1-27-16(25)18-7-12-6-13(8-18)10-19(9-12,11-18)21-15(24)3-5-22-4-2-14(23)20-17(22)26/h12-13H,2-11H2,1H3,(H,21,24)(H,20,23,26). The number of esters is 1. The molecule has 8 nitrogen and oxygen atoms in total. The first kappa shape index (κ1) is 18.3. The van der Waals surface area contributed by atoms with Crippen LogP contribution in [0, 0.1) is 17.3 Å². The van der Waals surface area contributed by atoms with Gasteiger partial charge in [-0.1, -0.05) is 0 Å². The number of rotatable bonds is 5. The number of carbonyl (C=O) groups excluding carboxylic acids is 4. The molecule has 0 radical (unpaired) electrons. The highest BCUT2D eigenvalue weighted by molar-refractivity contribution is 5.96. The van der Waals surface area contributed by atoms with Crippen LogP contribution < -0.4 is 10.6 Å². The molecule has 0 aromatic carbocycles. The molecule has 4 saturated carbocycles. The molecular formula is C19H27N3O5. The molecule has 4 aliphatic carbocycles. The molecule has 2 atom stereocenters. The number of amides is 4. The van der Waals surface area contributed by atoms with Gasteiger partial charge in [-0.2, -0.15) is 0 Å². The van der Waals surface area contributed by atoms with Crippen LogP contribution in [0.1, 0.15) is 51.4 Å². The number of methoxy groups -OCH3 is 1. The maximum Gasteiger partial charge on any atom is 0.324 e. The van der Waals surface area contributed by atoms with Gasteiger partial charge < -0.3 is 15.0 Å². The van der Waals surface area contributed by atoms with Crippen LogP contribution in [-0.2, 0) is 19.1 Å². The Bertz CT molecular complexity index is 677. The normalized spacial score (nSPS) is 37.1. The first-order chi connectivity index (χ1) is 12.8. The average Bonchev–Trinajstić information content (AvgIpc) is 2.58. The topological polar surface area (TPSA) is 105 Å². The van der Waals surface area contributed by atoms with E-state index in [-0.39, 0.29) is 42.7 Å². The molecule has 1 aliphatic heterocycles. The number of nitrogens with one attached hydrogen (secondary N) is 2. The lowest BCUT2D eigenvalue weighted by Crippen LogP contribution is -2.65. The van der Waals surface area contributed by atoms with Crippen molar-refractivity contribution in [3.63, 3.8) is 0 Å². The number of hydrogen-bond acceptors (Lipinski definition) is 5. The zero-order valence-electron chi connectivity index (χ0n) is 15.7. The van der Waals surface area contributed by atoms with Crippen LogP contribution in [0.15, 0.2) is 0 Å². The van der Waals surface area contributed by atoms with Crippen LogP contribution in [0.5, 0.6) is 0 Å². The molecule has 8 heteroatoms. The van der Waals surface area contributed by atoms with Crippen molar-refractivity contribution in [2.24, 2.45) is 17.3 Å². The van der Waals surface area contributed by atoms with Gasteiger partial charge in [-0.3, -0.25) is 19.7 Å². The highest BCUT2D eigenvalue weighted by atomic mass is 16.5. The van der Waals surface area contributed by atoms with E-state index >= 15 is 0 Å². The Balaban J connectivity index is 1.38. The lowest BCUT2D eigenvalue weighted by atomic mass is 9.47. The lowest BCUT2D eigenvalue weighted by Gasteiger charge is -2.60. The van der Waals surface area contributed by atoms with Crippen LogP contribution in [0.4, 0.5) is 4.79 Å². The first-order valence-electron chi connectivity index (χ1n) is 9.81. The van der Waals surface area contributed by atoms with Crippen molar-refractivity contribution in [1.82, 2.24) is 15.5 Å². The Morgan fingerprint density at radius 2 is 1.93 bits per heavy atom. The van der Waals surface area contributed by atoms with E-state index in [0.717, 1.165) is 32.1 Å². The smallest absolute Gasteiger partial charge is 0.324 e. The molecule has 4 bridgehead atoms. The monoisotopic (exact) mass is 377 g/mol. The number of carbonyl (C=O) groups is 4. The molecule has 148 valence electrons. The highest BCUT2D eigenvalue weighted by Crippen LogP contribution is 2.62. The van der Waals surface area contributed by atoms with Gasteiger partial charge in [0.25, 0.3) is 0 Å². The molecule has 1 heterocycles. The quantitative estimate of drug-likeness (QED) is 0.694. The minimum absolute atomic E-state index is 0.0957. The summed E-state index contributed by atoms with van der Waals surface area (Å²) in [6.45, 7) is 0.634. The van der Waals surface area contributed by atoms with E-state index < -0.39 is 11.4 Å². The van der Waals surface area contributed by atoms with Crippen molar-refractivity contribution in [1.29, 1.82) is 0 Å². The van der Waals surface area contributed by atoms with E-state index in [1.54, 1.807) is 0 Å². The molecule has 0 aromatic rings. The fraction of sp³-hybridized carbons (Fsp3) is 0.789. The minimum Gasteiger partial charge on any atom is -0.469 e. The third-order valence-corrected chi connectivity index (χ3v) is 6.84. The highest BCUT2D eigenvalue weighted by Gasteiger charge is 2.61. The molecule has 5 rings (SSSR count). The SMILES string of the molecule is COC(=O)C12CC3CC(CC(NC(=O)CCN4CCC(=O)NC4=O)(C3)C1)C2. The van der Waals surface area contributed by atoms with Crippen molar-refractivity contribution in [3.05, 3.63) is 0 Å². The largest absolute Gasteiger partial charge is 0.469 e. The Morgan fingerprint density at radius 1 is 1.22 bits per heavy atom. The summed E-state index contributed by atoms with van der Waals surface area (Å²) in [5.74, 6) is 0.419. The summed E-state index contributed by atoms with van der Waals surface area (Å²) >= 11 is 0. The average molecular weight is 377 g/mol. The van der Waals surface area contributed by atoms with Gasteiger partial charge >= 0.3 is 12.0 Å². The van der Waals surface area contributed by atoms with Gasteiger partial charge in [-0.25, -0.2) is 4.79 Å². The predicted molar refractivity (Wildman–Crippen MR) is 94.4 cm³/mol. The van der Waals surface area contributed by atoms with E-state index in [9.17, 15) is 19.2 Å². The summed E-state index contributed by atoms with van der Waals surface area (Å²) in [7, 11) is 1.45. The summed E-state index contributed by atoms with van der Waals surface area (Å²) in [6, 6.07) is -0.432. The van der Waals surface area contributed by atoms with E-state index in [1.165, 1.54) is 12.0 Å². The van der Waals surface area contributed by atoms with Gasteiger partial charge in [0, 0.05) is 31.5 Å². The van der Waals surface area contributed by atoms with Gasteiger partial charge in [-0.05, 0) is 50.4 Å². The van der Waals surface area contributed by atoms with Crippen LogP contribution in [0.2, 0.25) is 0 Å². The first-order valence-corrected chi connectivity index (χ1v) is 9.81. The van der Waals surface area contributed by atoms with Gasteiger partial charge in [-0.15, -0.1) is 0 Å². The van der Waals surface area contributed by atoms with Crippen LogP contribution >= 0.6 is 0 Å². The van der Waals surface area contributed by atoms with Crippen molar-refractivity contribution < 1.29 is 23.9 Å². The summed E-state index contributed by atoms with van der Waals surface area (Å²) in [6.07, 6.45) is 5.85. The Morgan fingerprint density at radius 3 is 2.56 bits per heavy atom. The molecule has 0 aromatic heterocycles. The van der Waals surface area contributed by atoms with Crippen molar-refractivity contribution in [2.45, 2.75) is 56.9 Å². The number of urea groups is 1. The second-order valence-electron chi connectivity index (χ2n) is 8.90. The van der Waals surface area contributed by atoms with Gasteiger partial charge in [0.1, 0.15) is 0 Å². The second kappa shape index (κ2) is 6.49. The summed E-state index contributed by atoms with van der Waals surface area (Å²) in [5.41, 5.74) is -0.769. The molecule has 5 aliphatic rings. The number of imide groups is 1. The molecule has 27 heavy (non-hydrogen) atoms. The molecule has 5 fully saturated rings. The zero-order valence-corrected chi connectivity index (χ0v) is 15.7. The van der Waals surface area contributed by atoms with E-state index in [4.69, 9.17) is 4.74 Å². The molecule has 2 unspecified atom stereocenters. The summed E-state index contributed by atoms with van der Waals surface area (Å²) in [5, 5.41) is 5.49. The molecule has 4 amide bonds. The van der Waals surface area contributed by atoms with Gasteiger partial charge in [0.2, 0.25) is 11.8 Å². The number of ether oxygens (including phenoxy) is 1. The molecule has 0 spiro atoms. The maximum absolute atomic E-state index is 12.6. The van der Waals surface area contributed by atoms with Crippen molar-refractivity contribution in [2.75, 3.05) is 20.2 Å². The fourth-order valence-electron chi connectivity index (χ4n) is 6.27. The van der Waals surface area contributed by atoms with E-state index in [0.29, 0.717) is 24.8 Å². The lowest BCUT2D eigenvalue weighted by molar-refractivity contribution is -0.173. The minimum atomic E-state index is -0.445. The Hall–Kier alpha value is -2.12. The van der Waals surface area contributed by atoms with Crippen molar-refractivity contribution >= 4 is 23.8 Å². The van der Waals surface area contributed by atoms with E-state index in [1.807, 2.05) is 0 Å². The van der Waals surface area contributed by atoms with Gasteiger partial charge in [0.15, 0.2) is 0 Å². The van der Waals surface area contributed by atoms with Crippen molar-refractivity contribution in [3.8, 4) is 0 Å². The molecule has 2 N–H and O–H groups in total. The van der Waals surface area contributed by atoms with E-state index in [2.05, 4.69) is 10.6 Å². The third kappa shape index (κ3) is 3.30. The maximum atomic E-state index is 12.6. The number of hydrogen-bond donors (Lipinski definition) is 2. The Labute approximate surface area is 158 Å². The molecular weight excluding hydrogens is 350 g/mol. The van der Waals surface area contributed by atoms with Crippen LogP contribution in [-0.4, -0.2) is 54.5 Å². The van der Waals surface area contributed by atoms with Gasteiger partial charge in [0.05, 0.1) is 12.5 Å². The Kier molecular flexibility index (Phi) is 4.39. The zero-order chi connectivity index (χ0) is 19.2. The molecule has 1 saturated heterocycles. The summed E-state index contributed by atoms with van der Waals surface area (Å²) in [4.78, 5) is 49.6. The van der Waals surface area contributed by atoms with Crippen LogP contribution in [0.3, 0.4) is 0 Å². The number of nitrogens with zero attached hydrogens (tertiary/aromatic N) is 1. The summed E-state index contributed by atoms with van der Waals surface area (Å²) < 4.78 is 5.10. The third-order valence-electron chi connectivity index (χ3n) is 6.84. The predicted octanol–water partition coefficient (Wildman–Crippen LogP) is 0.947. The second-order valence-corrected chi connectivity index (χ2v) is 8.90.